The van der Waals surface area contributed by atoms with E-state index in [0.29, 0.717) is 0 Å². The van der Waals surface area contributed by atoms with Crippen LogP contribution in [0.1, 0.15) is 13.8 Å². The maximum Gasteiger partial charge on any atom is 0 e. The maximum atomic E-state index is 7.50. The van der Waals surface area contributed by atoms with E-state index >= 15 is 0 Å². The van der Waals surface area contributed by atoms with Gasteiger partial charge < -0.3 is 0 Å². The molecule has 0 rings (SSSR count). The smallest absolute Gasteiger partial charge is 0 e. The van der Waals surface area contributed by atoms with E-state index in [1.54, 1.807) is 12.1 Å². The summed E-state index contributed by atoms with van der Waals surface area (Å²) in [7, 11) is 0. The summed E-state index contributed by atoms with van der Waals surface area (Å²) in [5.41, 5.74) is 0. The van der Waals surface area contributed by atoms with Crippen molar-refractivity contribution in [3.63, 3.8) is 0 Å². The van der Waals surface area contributed by atoms with Crippen molar-refractivity contribution in [1.82, 2.24) is 0 Å². The van der Waals surface area contributed by atoms with E-state index < -0.39 is 0 Å². The third-order valence-electron chi connectivity index (χ3n) is 0. The Morgan fingerprint density at radius 1 is 0.345 bits per heavy atom. The number of hydrogen-bond acceptors (Lipinski definition) is 2. The molecule has 0 saturated carbocycles. The van der Waals surface area contributed by atoms with Gasteiger partial charge in [-0.1, -0.05) is 0 Å². The first-order valence-electron chi connectivity index (χ1n) is 3.49. The molecule has 0 fully saturated rings. The van der Waals surface area contributed by atoms with Crippen LogP contribution in [-0.2, 0) is 105 Å². The third kappa shape index (κ3) is 5040. The van der Waals surface area contributed by atoms with Gasteiger partial charge in [0.25, 0.3) is 0 Å². The Bertz CT molecular complexity index is 322. The minimum atomic E-state index is 0. The predicted molar refractivity (Wildman–Crippen MR) is 61.9 cm³/mol. The fourth-order valence-electron chi connectivity index (χ4n) is 0. The molecule has 0 radical (unpaired) electrons. The van der Waals surface area contributed by atoms with Crippen LogP contribution < -0.4 is 0 Å². The largest absolute Gasteiger partial charge is 0 e. The van der Waals surface area contributed by atoms with Gasteiger partial charge in [-0.2, -0.15) is 10.5 Å². The molecule has 0 aliphatic heterocycles. The molecular weight excluding hydrogens is 659 g/mol. The molecule has 0 spiro atoms. The van der Waals surface area contributed by atoms with Gasteiger partial charge in [0.2, 0.25) is 0 Å². The van der Waals surface area contributed by atoms with E-state index in [2.05, 4.69) is 66.5 Å². The van der Waals surface area contributed by atoms with Gasteiger partial charge in [-0.25, -0.2) is 0 Å². The van der Waals surface area contributed by atoms with Gasteiger partial charge in [-0.15, -0.1) is 0 Å². The second kappa shape index (κ2) is 268000. The molecule has 0 heterocycles. The predicted octanol–water partition coefficient (Wildman–Crippen LogP) is 0.677. The van der Waals surface area contributed by atoms with Gasteiger partial charge >= 0.3 is 113 Å². The minimum absolute atomic E-state index is 0. The van der Waals surface area contributed by atoms with Crippen LogP contribution in [0.25, 0.3) is 0 Å². The molecule has 0 aliphatic rings. The summed E-state index contributed by atoms with van der Waals surface area (Å²) in [4.78, 5) is 0. The number of nitrogens with zero attached hydrogens (tertiary/aromatic N) is 2. The Hall–Kier alpha value is -1.75. The van der Waals surface area contributed by atoms with Gasteiger partial charge in [-0.3, -0.25) is 0 Å². The summed E-state index contributed by atoms with van der Waals surface area (Å²) < 4.78 is 75.0. The summed E-state index contributed by atoms with van der Waals surface area (Å²) in [5.74, 6) is 0. The van der Waals surface area contributed by atoms with Crippen molar-refractivity contribution < 1.29 is 105 Å². The van der Waals surface area contributed by atoms with Crippen LogP contribution in [0, 0.1) is 89.2 Å². The Balaban J connectivity index is -0.00000000565. The molecule has 0 N–H and O–H groups in total. The zero-order valence-electron chi connectivity index (χ0n) is 14.0. The van der Waals surface area contributed by atoms with Crippen molar-refractivity contribution in [2.24, 2.45) is 0 Å². The molecule has 0 amide bonds. The monoisotopic (exact) mass is 668 g/mol. The van der Waals surface area contributed by atoms with E-state index in [1.165, 1.54) is 13.8 Å². The molecule has 0 aromatic rings. The van der Waals surface area contributed by atoms with Crippen LogP contribution >= 0.6 is 0 Å². The molecular formula is C14H6N2O10Ru3. The van der Waals surface area contributed by atoms with Crippen molar-refractivity contribution in [3.05, 3.63) is 66.5 Å². The summed E-state index contributed by atoms with van der Waals surface area (Å²) >= 11 is 0. The van der Waals surface area contributed by atoms with E-state index in [4.69, 9.17) is 57.0 Å². The Morgan fingerprint density at radius 2 is 0.345 bits per heavy atom. The normalized spacial score (nSPS) is 1.24. The van der Waals surface area contributed by atoms with Gasteiger partial charge in [0.15, 0.2) is 0 Å². The van der Waals surface area contributed by atoms with E-state index in [-0.39, 0.29) is 58.4 Å². The molecule has 0 atom stereocenters. The topological polar surface area (TPSA) is 247 Å². The van der Waals surface area contributed by atoms with E-state index in [0.717, 1.165) is 0 Å². The average molecular weight is 665 g/mol. The molecule has 15 heteroatoms. The average Bonchev–Trinajstić information content (AvgIpc) is 2.82. The van der Waals surface area contributed by atoms with Crippen LogP contribution in [0.4, 0.5) is 0 Å². The van der Waals surface area contributed by atoms with Crippen molar-refractivity contribution in [2.75, 3.05) is 0 Å². The number of rotatable bonds is 0. The van der Waals surface area contributed by atoms with Gasteiger partial charge in [0.1, 0.15) is 0 Å². The third-order valence-corrected chi connectivity index (χ3v) is 0. The minimum Gasteiger partial charge on any atom is 0 e. The maximum absolute atomic E-state index is 7.50. The van der Waals surface area contributed by atoms with E-state index in [1.807, 2.05) is 0 Å². The fraction of sp³-hybridized carbons (Fsp3) is 0.143. The second-order valence-electron chi connectivity index (χ2n) is 0.447. The van der Waals surface area contributed by atoms with Gasteiger partial charge in [0.05, 0.1) is 12.1 Å². The SMILES string of the molecule is CC#N.CC#N.[C-]#[O+].[C-]#[O+].[C-]#[O+].[C-]#[O+].[C-]#[O+].[C-]#[O+].[C-]#[O+].[C-]#[O+].[C-]#[O+].[C-]#[O+].[Ru].[Ru].[Ru]. The standard InChI is InChI=1S/2C2H3N.10CO.3Ru/c2*1-2-3;10*1-2;;;/h2*1H3;;;;;;;;;;;;;. The van der Waals surface area contributed by atoms with Crippen molar-refractivity contribution in [2.45, 2.75) is 13.8 Å². The molecule has 0 saturated heterocycles. The van der Waals surface area contributed by atoms with Crippen molar-refractivity contribution >= 4 is 0 Å². The fourth-order valence-corrected chi connectivity index (χ4v) is 0. The van der Waals surface area contributed by atoms with Gasteiger partial charge in [0, 0.05) is 72.3 Å². The quantitative estimate of drug-likeness (QED) is 0.206. The molecule has 0 bridgehead atoms. The van der Waals surface area contributed by atoms with Gasteiger partial charge in [-0.05, 0) is 0 Å². The molecule has 29 heavy (non-hydrogen) atoms. The summed E-state index contributed by atoms with van der Waals surface area (Å²) in [6.45, 7) is 47.9. The van der Waals surface area contributed by atoms with Crippen LogP contribution in [-0.4, -0.2) is 0 Å². The van der Waals surface area contributed by atoms with Crippen LogP contribution in [0.2, 0.25) is 0 Å². The van der Waals surface area contributed by atoms with Crippen molar-refractivity contribution in [3.8, 4) is 12.1 Å². The van der Waals surface area contributed by atoms with Crippen LogP contribution in [0.5, 0.6) is 0 Å². The molecule has 0 unspecified atom stereocenters. The zero-order valence-corrected chi connectivity index (χ0v) is 19.3. The Labute approximate surface area is 207 Å². The molecule has 12 nitrogen and oxygen atoms in total. The molecule has 156 valence electrons. The first-order valence-corrected chi connectivity index (χ1v) is 3.49. The summed E-state index contributed by atoms with van der Waals surface area (Å²) in [6, 6.07) is 3.50. The zero-order chi connectivity index (χ0) is 25.4. The summed E-state index contributed by atoms with van der Waals surface area (Å²) in [6.07, 6.45) is 0. The van der Waals surface area contributed by atoms with Crippen LogP contribution in [0.3, 0.4) is 0 Å². The second-order valence-corrected chi connectivity index (χ2v) is 0.447. The molecule has 0 aromatic carbocycles. The number of hydrogen-bond donors (Lipinski definition) is 0. The summed E-state index contributed by atoms with van der Waals surface area (Å²) in [5, 5.41) is 14.6. The Kier molecular flexibility index (Phi) is 1150000. The number of nitriles is 2. The molecule has 0 aliphatic carbocycles. The first-order chi connectivity index (χ1) is 12.8. The first kappa shape index (κ1) is 125. The molecule has 0 aromatic heterocycles. The Morgan fingerprint density at radius 3 is 0.345 bits per heavy atom. The van der Waals surface area contributed by atoms with Crippen molar-refractivity contribution in [1.29, 1.82) is 10.5 Å². The van der Waals surface area contributed by atoms with E-state index in [9.17, 15) is 0 Å². The van der Waals surface area contributed by atoms with Crippen LogP contribution in [0.15, 0.2) is 0 Å².